The predicted octanol–water partition coefficient (Wildman–Crippen LogP) is -0.183. The average molecular weight is 305 g/mol. The number of likely N-dealkylation sites (N-methyl/N-ethyl adjacent to an activating group) is 1. The molecule has 0 aromatic carbocycles. The van der Waals surface area contributed by atoms with Crippen LogP contribution in [0.4, 0.5) is 0 Å². The van der Waals surface area contributed by atoms with E-state index in [2.05, 4.69) is 11.8 Å². The van der Waals surface area contributed by atoms with Gasteiger partial charge in [0.15, 0.2) is 0 Å². The molecule has 2 atom stereocenters. The maximum atomic E-state index is 12.7. The molecule has 0 radical (unpaired) electrons. The predicted molar refractivity (Wildman–Crippen MR) is 78.5 cm³/mol. The summed E-state index contributed by atoms with van der Waals surface area (Å²) in [5.74, 6) is 0.614. The smallest absolute Gasteiger partial charge is 0.282 e. The molecule has 0 amide bonds. The second kappa shape index (κ2) is 6.27. The SMILES string of the molecule is CC1CN(S(=O)(=O)N2CCC(CO)CC2)CC1N(C)C. The molecule has 0 aliphatic carbocycles. The molecule has 2 aliphatic rings. The van der Waals surface area contributed by atoms with Crippen LogP contribution >= 0.6 is 0 Å². The Morgan fingerprint density at radius 3 is 2.20 bits per heavy atom. The van der Waals surface area contributed by atoms with Gasteiger partial charge in [-0.25, -0.2) is 0 Å². The molecule has 0 spiro atoms. The first-order valence-electron chi connectivity index (χ1n) is 7.38. The van der Waals surface area contributed by atoms with Gasteiger partial charge in [0, 0.05) is 38.8 Å². The zero-order valence-corrected chi connectivity index (χ0v) is 13.5. The minimum absolute atomic E-state index is 0.164. The average Bonchev–Trinajstić information content (AvgIpc) is 2.82. The number of hydrogen-bond donors (Lipinski definition) is 1. The largest absolute Gasteiger partial charge is 0.396 e. The lowest BCUT2D eigenvalue weighted by Crippen LogP contribution is -2.47. The second-order valence-electron chi connectivity index (χ2n) is 6.36. The van der Waals surface area contributed by atoms with Gasteiger partial charge in [-0.3, -0.25) is 0 Å². The Hall–Kier alpha value is -0.210. The summed E-state index contributed by atoms with van der Waals surface area (Å²) in [5.41, 5.74) is 0. The molecule has 2 unspecified atom stereocenters. The van der Waals surface area contributed by atoms with Gasteiger partial charge in [-0.05, 0) is 38.8 Å². The molecule has 20 heavy (non-hydrogen) atoms. The third-order valence-electron chi connectivity index (χ3n) is 4.69. The Balaban J connectivity index is 2.01. The summed E-state index contributed by atoms with van der Waals surface area (Å²) < 4.78 is 28.5. The van der Waals surface area contributed by atoms with Crippen molar-refractivity contribution in [1.82, 2.24) is 13.5 Å². The summed E-state index contributed by atoms with van der Waals surface area (Å²) in [7, 11) is 0.674. The zero-order valence-electron chi connectivity index (χ0n) is 12.7. The van der Waals surface area contributed by atoms with Crippen molar-refractivity contribution < 1.29 is 13.5 Å². The van der Waals surface area contributed by atoms with Gasteiger partial charge in [-0.2, -0.15) is 17.0 Å². The molecule has 2 saturated heterocycles. The molecule has 1 N–H and O–H groups in total. The summed E-state index contributed by atoms with van der Waals surface area (Å²) >= 11 is 0. The minimum Gasteiger partial charge on any atom is -0.396 e. The highest BCUT2D eigenvalue weighted by Gasteiger charge is 2.40. The lowest BCUT2D eigenvalue weighted by molar-refractivity contribution is 0.166. The number of aliphatic hydroxyl groups excluding tert-OH is 1. The highest BCUT2D eigenvalue weighted by Crippen LogP contribution is 2.27. The van der Waals surface area contributed by atoms with Crippen molar-refractivity contribution in [3.05, 3.63) is 0 Å². The normalized spacial score (nSPS) is 31.2. The maximum absolute atomic E-state index is 12.7. The van der Waals surface area contributed by atoms with E-state index in [0.29, 0.717) is 38.1 Å². The highest BCUT2D eigenvalue weighted by molar-refractivity contribution is 7.86. The van der Waals surface area contributed by atoms with Gasteiger partial charge in [0.25, 0.3) is 10.2 Å². The number of aliphatic hydroxyl groups is 1. The zero-order chi connectivity index (χ0) is 14.9. The van der Waals surface area contributed by atoms with Crippen molar-refractivity contribution in [2.24, 2.45) is 11.8 Å². The maximum Gasteiger partial charge on any atom is 0.282 e. The molecule has 7 heteroatoms. The van der Waals surface area contributed by atoms with Gasteiger partial charge in [0.05, 0.1) is 0 Å². The molecule has 0 bridgehead atoms. The van der Waals surface area contributed by atoms with E-state index in [1.54, 1.807) is 8.61 Å². The molecule has 6 nitrogen and oxygen atoms in total. The third-order valence-corrected chi connectivity index (χ3v) is 6.66. The minimum atomic E-state index is -3.33. The van der Waals surface area contributed by atoms with E-state index in [0.717, 1.165) is 12.8 Å². The van der Waals surface area contributed by atoms with Crippen LogP contribution in [0.1, 0.15) is 19.8 Å². The summed E-state index contributed by atoms with van der Waals surface area (Å²) in [6.45, 7) is 4.52. The Morgan fingerprint density at radius 2 is 1.75 bits per heavy atom. The first-order chi connectivity index (χ1) is 9.36. The van der Waals surface area contributed by atoms with Crippen LogP contribution < -0.4 is 0 Å². The van der Waals surface area contributed by atoms with Crippen LogP contribution in [-0.4, -0.2) is 80.0 Å². The quantitative estimate of drug-likeness (QED) is 0.782. The first-order valence-corrected chi connectivity index (χ1v) is 8.78. The van der Waals surface area contributed by atoms with Crippen LogP contribution in [0.3, 0.4) is 0 Å². The van der Waals surface area contributed by atoms with Gasteiger partial charge in [-0.1, -0.05) is 6.92 Å². The summed E-state index contributed by atoms with van der Waals surface area (Å²) in [5, 5.41) is 9.14. The van der Waals surface area contributed by atoms with Crippen LogP contribution in [0.5, 0.6) is 0 Å². The van der Waals surface area contributed by atoms with E-state index in [9.17, 15) is 8.42 Å². The van der Waals surface area contributed by atoms with Gasteiger partial charge in [0.1, 0.15) is 0 Å². The van der Waals surface area contributed by atoms with Crippen LogP contribution in [0, 0.1) is 11.8 Å². The van der Waals surface area contributed by atoms with Crippen LogP contribution in [0.2, 0.25) is 0 Å². The second-order valence-corrected chi connectivity index (χ2v) is 8.29. The van der Waals surface area contributed by atoms with Crippen LogP contribution in [0.15, 0.2) is 0 Å². The fourth-order valence-corrected chi connectivity index (χ4v) is 5.02. The third kappa shape index (κ3) is 3.17. The van der Waals surface area contributed by atoms with E-state index < -0.39 is 10.2 Å². The van der Waals surface area contributed by atoms with Gasteiger partial charge in [0.2, 0.25) is 0 Å². The molecule has 2 fully saturated rings. The number of hydrogen-bond acceptors (Lipinski definition) is 4. The molecular weight excluding hydrogens is 278 g/mol. The molecule has 0 aromatic rings. The number of piperidine rings is 1. The molecular formula is C13H27N3O3S. The van der Waals surface area contributed by atoms with Crippen LogP contribution in [-0.2, 0) is 10.2 Å². The molecule has 0 saturated carbocycles. The molecule has 0 aromatic heterocycles. The standard InChI is InChI=1S/C13H27N3O3S/c1-11-8-16(9-13(11)14(2)3)20(18,19)15-6-4-12(10-17)5-7-15/h11-13,17H,4-10H2,1-3H3. The van der Waals surface area contributed by atoms with Gasteiger partial charge < -0.3 is 10.0 Å². The topological polar surface area (TPSA) is 64.1 Å². The molecule has 2 rings (SSSR count). The monoisotopic (exact) mass is 305 g/mol. The fourth-order valence-electron chi connectivity index (χ4n) is 3.25. The Labute approximate surface area is 122 Å². The van der Waals surface area contributed by atoms with Gasteiger partial charge >= 0.3 is 0 Å². The van der Waals surface area contributed by atoms with Gasteiger partial charge in [-0.15, -0.1) is 0 Å². The van der Waals surface area contributed by atoms with Crippen molar-refractivity contribution in [3.8, 4) is 0 Å². The summed E-state index contributed by atoms with van der Waals surface area (Å²) in [6.07, 6.45) is 1.52. The van der Waals surface area contributed by atoms with Crippen molar-refractivity contribution >= 4 is 10.2 Å². The number of rotatable bonds is 4. The molecule has 118 valence electrons. The van der Waals surface area contributed by atoms with Crippen LogP contribution in [0.25, 0.3) is 0 Å². The molecule has 2 heterocycles. The lowest BCUT2D eigenvalue weighted by Gasteiger charge is -2.33. The highest BCUT2D eigenvalue weighted by atomic mass is 32.2. The molecule has 2 aliphatic heterocycles. The summed E-state index contributed by atoms with van der Waals surface area (Å²) in [6, 6.07) is 0.291. The van der Waals surface area contributed by atoms with E-state index in [1.807, 2.05) is 14.1 Å². The van der Waals surface area contributed by atoms with E-state index >= 15 is 0 Å². The number of nitrogens with zero attached hydrogens (tertiary/aromatic N) is 3. The van der Waals surface area contributed by atoms with Crippen molar-refractivity contribution in [1.29, 1.82) is 0 Å². The first kappa shape index (κ1) is 16.2. The Morgan fingerprint density at radius 1 is 1.15 bits per heavy atom. The van der Waals surface area contributed by atoms with Crippen molar-refractivity contribution in [3.63, 3.8) is 0 Å². The van der Waals surface area contributed by atoms with Crippen molar-refractivity contribution in [2.75, 3.05) is 46.9 Å². The Kier molecular flexibility index (Phi) is 5.07. The lowest BCUT2D eigenvalue weighted by atomic mass is 10.00. The van der Waals surface area contributed by atoms with Crippen molar-refractivity contribution in [2.45, 2.75) is 25.8 Å². The van der Waals surface area contributed by atoms with E-state index in [-0.39, 0.29) is 12.5 Å². The fraction of sp³-hybridized carbons (Fsp3) is 1.00. The van der Waals surface area contributed by atoms with E-state index in [4.69, 9.17) is 5.11 Å². The summed E-state index contributed by atoms with van der Waals surface area (Å²) in [4.78, 5) is 2.11. The Bertz CT molecular complexity index is 419. The van der Waals surface area contributed by atoms with E-state index in [1.165, 1.54) is 0 Å².